The van der Waals surface area contributed by atoms with Gasteiger partial charge in [0.1, 0.15) is 6.26 Å². The predicted octanol–water partition coefficient (Wildman–Crippen LogP) is -0.207. The monoisotopic (exact) mass is 134 g/mol. The van der Waals surface area contributed by atoms with E-state index in [0.29, 0.717) is 6.61 Å². The molecule has 0 bridgehead atoms. The van der Waals surface area contributed by atoms with Crippen molar-refractivity contribution in [2.75, 3.05) is 6.61 Å². The van der Waals surface area contributed by atoms with Crippen molar-refractivity contribution in [3.05, 3.63) is 12.8 Å². The van der Waals surface area contributed by atoms with Crippen molar-refractivity contribution < 1.29 is 14.8 Å². The SMILES string of the molecule is C=COOOCC[SiH3]. The van der Waals surface area contributed by atoms with E-state index in [4.69, 9.17) is 0 Å². The molecule has 0 aromatic heterocycles. The predicted molar refractivity (Wildman–Crippen MR) is 33.1 cm³/mol. The molecule has 0 saturated carbocycles. The third kappa shape index (κ3) is 5.68. The Morgan fingerprint density at radius 1 is 1.62 bits per heavy atom. The normalized spacial score (nSPS) is 9.00. The van der Waals surface area contributed by atoms with Gasteiger partial charge in [0.2, 0.25) is 0 Å². The maximum Gasteiger partial charge on any atom is 0.125 e. The standard InChI is InChI=1S/C4H10O3Si/c1-2-5-7-6-3-4-8/h2H,1,3-4H2,8H3. The van der Waals surface area contributed by atoms with E-state index >= 15 is 0 Å². The molecule has 0 amide bonds. The number of hydrogen-bond acceptors (Lipinski definition) is 3. The lowest BCUT2D eigenvalue weighted by atomic mass is 10.9. The van der Waals surface area contributed by atoms with Gasteiger partial charge in [-0.15, -0.1) is 0 Å². The molecule has 0 unspecified atom stereocenters. The first-order chi connectivity index (χ1) is 3.91. The van der Waals surface area contributed by atoms with Gasteiger partial charge in [0, 0.05) is 10.2 Å². The summed E-state index contributed by atoms with van der Waals surface area (Å²) in [4.78, 5) is 8.66. The molecule has 0 heterocycles. The summed E-state index contributed by atoms with van der Waals surface area (Å²) in [5.41, 5.74) is 0. The van der Waals surface area contributed by atoms with Crippen LogP contribution in [-0.2, 0) is 14.8 Å². The first-order valence-electron chi connectivity index (χ1n) is 2.47. The highest BCUT2D eigenvalue weighted by Crippen LogP contribution is 1.81. The molecule has 0 rings (SSSR count). The summed E-state index contributed by atoms with van der Waals surface area (Å²) < 4.78 is 0. The summed E-state index contributed by atoms with van der Waals surface area (Å²) in [5.74, 6) is 0. The fraction of sp³-hybridized carbons (Fsp3) is 0.500. The Morgan fingerprint density at radius 3 is 2.88 bits per heavy atom. The van der Waals surface area contributed by atoms with Gasteiger partial charge in [0.25, 0.3) is 0 Å². The van der Waals surface area contributed by atoms with Crippen LogP contribution in [0.15, 0.2) is 12.8 Å². The molecule has 48 valence electrons. The molecule has 0 radical (unpaired) electrons. The molecule has 0 spiro atoms. The van der Waals surface area contributed by atoms with E-state index in [1.165, 1.54) is 0 Å². The molecule has 0 saturated heterocycles. The number of hydrogen-bond donors (Lipinski definition) is 0. The Hall–Kier alpha value is -0.323. The van der Waals surface area contributed by atoms with E-state index in [-0.39, 0.29) is 0 Å². The zero-order chi connectivity index (χ0) is 6.24. The first kappa shape index (κ1) is 7.68. The highest BCUT2D eigenvalue weighted by molar-refractivity contribution is 6.08. The lowest BCUT2D eigenvalue weighted by molar-refractivity contribution is -0.488. The van der Waals surface area contributed by atoms with Crippen LogP contribution in [0.2, 0.25) is 6.04 Å². The van der Waals surface area contributed by atoms with Crippen molar-refractivity contribution in [3.63, 3.8) is 0 Å². The van der Waals surface area contributed by atoms with Crippen LogP contribution in [0.1, 0.15) is 0 Å². The molecule has 0 aromatic carbocycles. The molecular weight excluding hydrogens is 124 g/mol. The van der Waals surface area contributed by atoms with Gasteiger partial charge in [0.05, 0.1) is 6.61 Å². The minimum atomic E-state index is 0.597. The Kier molecular flexibility index (Phi) is 6.41. The second-order valence-corrected chi connectivity index (χ2v) is 2.15. The Balaban J connectivity index is 2.62. The minimum absolute atomic E-state index is 0.597. The lowest BCUT2D eigenvalue weighted by Crippen LogP contribution is -1.93. The van der Waals surface area contributed by atoms with E-state index in [2.05, 4.69) is 21.4 Å². The molecular formula is C4H10O3Si. The first-order valence-corrected chi connectivity index (χ1v) is 3.89. The van der Waals surface area contributed by atoms with Gasteiger partial charge < -0.3 is 4.89 Å². The second-order valence-electron chi connectivity index (χ2n) is 1.15. The Labute approximate surface area is 51.5 Å². The fourth-order valence-corrected chi connectivity index (χ4v) is 0.340. The van der Waals surface area contributed by atoms with E-state index < -0.39 is 0 Å². The molecule has 8 heavy (non-hydrogen) atoms. The van der Waals surface area contributed by atoms with Crippen LogP contribution in [0.5, 0.6) is 0 Å². The van der Waals surface area contributed by atoms with Gasteiger partial charge in [-0.1, -0.05) is 6.58 Å². The summed E-state index contributed by atoms with van der Waals surface area (Å²) in [6, 6.07) is 1.04. The maximum atomic E-state index is 4.46. The molecule has 0 fully saturated rings. The minimum Gasteiger partial charge on any atom is -0.317 e. The quantitative estimate of drug-likeness (QED) is 0.171. The topological polar surface area (TPSA) is 27.7 Å². The van der Waals surface area contributed by atoms with Crippen molar-refractivity contribution >= 4 is 10.2 Å². The van der Waals surface area contributed by atoms with E-state index in [1.807, 2.05) is 0 Å². The smallest absolute Gasteiger partial charge is 0.125 e. The van der Waals surface area contributed by atoms with Crippen molar-refractivity contribution in [2.24, 2.45) is 0 Å². The van der Waals surface area contributed by atoms with Crippen LogP contribution in [0.3, 0.4) is 0 Å². The summed E-state index contributed by atoms with van der Waals surface area (Å²) >= 11 is 0. The molecule has 0 N–H and O–H groups in total. The maximum absolute atomic E-state index is 4.46. The van der Waals surface area contributed by atoms with Crippen molar-refractivity contribution in [3.8, 4) is 0 Å². The third-order valence-electron chi connectivity index (χ3n) is 0.443. The van der Waals surface area contributed by atoms with Gasteiger partial charge in [-0.2, -0.15) is 4.89 Å². The molecule has 3 nitrogen and oxygen atoms in total. The van der Waals surface area contributed by atoms with Crippen LogP contribution >= 0.6 is 0 Å². The summed E-state index contributed by atoms with van der Waals surface area (Å²) in [6.07, 6.45) is 1.16. The average Bonchev–Trinajstić information content (AvgIpc) is 1.81. The van der Waals surface area contributed by atoms with Gasteiger partial charge in [-0.05, 0) is 11.1 Å². The van der Waals surface area contributed by atoms with E-state index in [1.54, 1.807) is 0 Å². The highest BCUT2D eigenvalue weighted by Gasteiger charge is 1.80. The van der Waals surface area contributed by atoms with Crippen molar-refractivity contribution in [2.45, 2.75) is 6.04 Å². The second kappa shape index (κ2) is 6.68. The largest absolute Gasteiger partial charge is 0.317 e. The highest BCUT2D eigenvalue weighted by atomic mass is 28.1. The van der Waals surface area contributed by atoms with E-state index in [0.717, 1.165) is 22.5 Å². The van der Waals surface area contributed by atoms with Gasteiger partial charge in [-0.3, -0.25) is 0 Å². The van der Waals surface area contributed by atoms with Gasteiger partial charge in [-0.25, -0.2) is 0 Å². The Bertz CT molecular complexity index is 57.2. The van der Waals surface area contributed by atoms with Crippen LogP contribution in [0.25, 0.3) is 0 Å². The average molecular weight is 134 g/mol. The van der Waals surface area contributed by atoms with Crippen LogP contribution in [-0.4, -0.2) is 16.8 Å². The van der Waals surface area contributed by atoms with Crippen molar-refractivity contribution in [1.82, 2.24) is 0 Å². The zero-order valence-electron chi connectivity index (χ0n) is 4.92. The fourth-order valence-electron chi connectivity index (χ4n) is 0.173. The third-order valence-corrected chi connectivity index (χ3v) is 0.851. The van der Waals surface area contributed by atoms with Crippen LogP contribution < -0.4 is 0 Å². The van der Waals surface area contributed by atoms with E-state index in [9.17, 15) is 0 Å². The lowest BCUT2D eigenvalue weighted by Gasteiger charge is -1.95. The van der Waals surface area contributed by atoms with Crippen LogP contribution in [0.4, 0.5) is 0 Å². The summed E-state index contributed by atoms with van der Waals surface area (Å²) in [7, 11) is 1.12. The number of rotatable bonds is 5. The zero-order valence-corrected chi connectivity index (χ0v) is 6.92. The Morgan fingerprint density at radius 2 is 2.38 bits per heavy atom. The summed E-state index contributed by atoms with van der Waals surface area (Å²) in [6.45, 7) is 3.84. The molecule has 4 heteroatoms. The van der Waals surface area contributed by atoms with Crippen LogP contribution in [0, 0.1) is 0 Å². The molecule has 0 aliphatic carbocycles. The van der Waals surface area contributed by atoms with Crippen molar-refractivity contribution in [1.29, 1.82) is 0 Å². The molecule has 0 aliphatic heterocycles. The molecule has 0 atom stereocenters. The van der Waals surface area contributed by atoms with Gasteiger partial charge in [0.15, 0.2) is 0 Å². The molecule has 0 aromatic rings. The van der Waals surface area contributed by atoms with Gasteiger partial charge >= 0.3 is 0 Å². The molecule has 0 aliphatic rings. The summed E-state index contributed by atoms with van der Waals surface area (Å²) in [5, 5.41) is 4.13.